The van der Waals surface area contributed by atoms with Gasteiger partial charge in [-0.05, 0) is 126 Å². The number of nitrogens with zero attached hydrogens (tertiary/aromatic N) is 1. The van der Waals surface area contributed by atoms with Gasteiger partial charge in [-0.3, -0.25) is 9.59 Å². The maximum absolute atomic E-state index is 14.1. The molecule has 4 N–H and O–H groups in total. The number of carbonyl (C=O) groups excluding carboxylic acids is 3. The summed E-state index contributed by atoms with van der Waals surface area (Å²) in [5, 5.41) is 44.1. The van der Waals surface area contributed by atoms with Gasteiger partial charge in [-0.25, -0.2) is 4.79 Å². The van der Waals surface area contributed by atoms with Gasteiger partial charge in [0, 0.05) is 25.3 Å². The number of esters is 1. The van der Waals surface area contributed by atoms with Gasteiger partial charge < -0.3 is 34.8 Å². The molecule has 0 spiro atoms. The summed E-state index contributed by atoms with van der Waals surface area (Å²) in [6.07, 6.45) is 16.9. The van der Waals surface area contributed by atoms with Gasteiger partial charge in [0.15, 0.2) is 0 Å². The highest BCUT2D eigenvalue weighted by Crippen LogP contribution is 2.37. The molecule has 56 heavy (non-hydrogen) atoms. The number of aliphatic hydroxyl groups excluding tert-OH is 3. The molecule has 4 aliphatic rings. The standard InChI is InChI=1S/C46H71NO9/c1-29-13-9-8-10-14-30(2)41(50)28-38-22-17-35(7)46(54,56-38)43(51)44(52)47-24-12-11-15-39(47)45(53)55-42(34(6)26-36-18-20-37(48)21-19-36)23-16-31(3)40(49)27-33(5)32(4)25-29/h8-10,13-14,16,29,32,34-42,48-50,54H,5,11-12,15,17-28H2,1-4,6-7H3/b10-8+,13-9+,30-14+,31-16+/t29-,32-,34-,35-,36-,37-,38+,39+,40+,41+,42+,46-/m1/s1. The van der Waals surface area contributed by atoms with Crippen LogP contribution in [0.1, 0.15) is 131 Å². The smallest absolute Gasteiger partial charge is 0.329 e. The number of Topliss-reactive ketones (excluding diaryl/α,β-unsaturated/α-hetero) is 1. The van der Waals surface area contributed by atoms with E-state index in [9.17, 15) is 34.8 Å². The van der Waals surface area contributed by atoms with Crippen molar-refractivity contribution < 1.29 is 44.3 Å². The summed E-state index contributed by atoms with van der Waals surface area (Å²) in [6, 6.07) is -0.999. The van der Waals surface area contributed by atoms with Gasteiger partial charge in [-0.1, -0.05) is 76.3 Å². The average molecular weight is 782 g/mol. The van der Waals surface area contributed by atoms with Crippen LogP contribution in [0.3, 0.4) is 0 Å². The summed E-state index contributed by atoms with van der Waals surface area (Å²) in [5.41, 5.74) is 2.43. The Balaban J connectivity index is 1.63. The van der Waals surface area contributed by atoms with Crippen molar-refractivity contribution >= 4 is 17.7 Å². The van der Waals surface area contributed by atoms with Gasteiger partial charge in [0.1, 0.15) is 12.1 Å². The largest absolute Gasteiger partial charge is 0.460 e. The lowest BCUT2D eigenvalue weighted by Crippen LogP contribution is -2.60. The summed E-state index contributed by atoms with van der Waals surface area (Å²) in [5.74, 6) is -4.95. The zero-order valence-corrected chi connectivity index (χ0v) is 34.9. The Hall–Kier alpha value is -2.89. The summed E-state index contributed by atoms with van der Waals surface area (Å²) in [6.45, 7) is 16.2. The Kier molecular flexibility index (Phi) is 17.4. The van der Waals surface area contributed by atoms with E-state index in [2.05, 4.69) is 33.4 Å². The van der Waals surface area contributed by atoms with E-state index in [0.717, 1.165) is 49.7 Å². The summed E-state index contributed by atoms with van der Waals surface area (Å²) >= 11 is 0. The van der Waals surface area contributed by atoms with Crippen LogP contribution in [0.25, 0.3) is 0 Å². The number of carbonyl (C=O) groups is 3. The minimum atomic E-state index is -2.40. The first-order chi connectivity index (χ1) is 26.5. The van der Waals surface area contributed by atoms with Gasteiger partial charge in [-0.15, -0.1) is 0 Å². The van der Waals surface area contributed by atoms with Crippen molar-refractivity contribution in [3.63, 3.8) is 0 Å². The predicted molar refractivity (Wildman–Crippen MR) is 218 cm³/mol. The average Bonchev–Trinajstić information content (AvgIpc) is 3.17. The molecule has 0 unspecified atom stereocenters. The van der Waals surface area contributed by atoms with Crippen molar-refractivity contribution in [1.29, 1.82) is 0 Å². The molecule has 1 aliphatic carbocycles. The van der Waals surface area contributed by atoms with Crippen LogP contribution in [-0.4, -0.2) is 91.9 Å². The summed E-state index contributed by atoms with van der Waals surface area (Å²) in [4.78, 5) is 43.4. The number of cyclic esters (lactones) is 1. The van der Waals surface area contributed by atoms with Crippen LogP contribution in [0.5, 0.6) is 0 Å². The van der Waals surface area contributed by atoms with Gasteiger partial charge in [0.2, 0.25) is 5.79 Å². The van der Waals surface area contributed by atoms with E-state index in [0.29, 0.717) is 56.4 Å². The van der Waals surface area contributed by atoms with E-state index in [1.54, 1.807) is 6.92 Å². The second-order valence-corrected chi connectivity index (χ2v) is 17.7. The number of hydrogen-bond donors (Lipinski definition) is 4. The second kappa shape index (κ2) is 21.2. The van der Waals surface area contributed by atoms with Crippen molar-refractivity contribution in [2.45, 2.75) is 174 Å². The lowest BCUT2D eigenvalue weighted by Gasteiger charge is -2.42. The Morgan fingerprint density at radius 3 is 2.32 bits per heavy atom. The van der Waals surface area contributed by atoms with Crippen LogP contribution in [0, 0.1) is 29.6 Å². The molecule has 314 valence electrons. The first-order valence-corrected chi connectivity index (χ1v) is 21.4. The number of rotatable bonds is 3. The Morgan fingerprint density at radius 1 is 0.893 bits per heavy atom. The molecule has 2 bridgehead atoms. The number of fused-ring (bicyclic) bond motifs is 3. The van der Waals surface area contributed by atoms with E-state index in [1.807, 2.05) is 44.2 Å². The number of piperidine rings is 1. The fourth-order valence-corrected chi connectivity index (χ4v) is 8.81. The number of ketones is 1. The molecular formula is C46H71NO9. The van der Waals surface area contributed by atoms with Crippen LogP contribution in [0.2, 0.25) is 0 Å². The zero-order chi connectivity index (χ0) is 41.2. The summed E-state index contributed by atoms with van der Waals surface area (Å²) < 4.78 is 12.3. The molecule has 0 radical (unpaired) electrons. The maximum Gasteiger partial charge on any atom is 0.329 e. The Morgan fingerprint density at radius 2 is 1.61 bits per heavy atom. The van der Waals surface area contributed by atoms with E-state index < -0.39 is 59.8 Å². The third kappa shape index (κ3) is 12.6. The lowest BCUT2D eigenvalue weighted by atomic mass is 9.80. The van der Waals surface area contributed by atoms with E-state index in [-0.39, 0.29) is 36.8 Å². The third-order valence-electron chi connectivity index (χ3n) is 13.0. The van der Waals surface area contributed by atoms with Crippen LogP contribution < -0.4 is 0 Å². The number of hydrogen-bond acceptors (Lipinski definition) is 9. The van der Waals surface area contributed by atoms with Crippen LogP contribution in [-0.2, 0) is 23.9 Å². The van der Waals surface area contributed by atoms with Crippen LogP contribution in [0.15, 0.2) is 59.8 Å². The normalized spacial score (nSPS) is 40.5. The first-order valence-electron chi connectivity index (χ1n) is 21.4. The van der Waals surface area contributed by atoms with Crippen molar-refractivity contribution in [1.82, 2.24) is 4.90 Å². The Labute approximate surface area is 335 Å². The van der Waals surface area contributed by atoms with E-state index >= 15 is 0 Å². The molecule has 1 amide bonds. The fourth-order valence-electron chi connectivity index (χ4n) is 8.81. The molecule has 0 aromatic carbocycles. The molecular weight excluding hydrogens is 711 g/mol. The number of allylic oxidation sites excluding steroid dienone is 5. The van der Waals surface area contributed by atoms with Crippen LogP contribution >= 0.6 is 0 Å². The minimum Gasteiger partial charge on any atom is -0.460 e. The van der Waals surface area contributed by atoms with Crippen molar-refractivity contribution in [2.24, 2.45) is 29.6 Å². The van der Waals surface area contributed by atoms with Gasteiger partial charge in [0.25, 0.3) is 11.7 Å². The molecule has 4 rings (SSSR count). The highest BCUT2D eigenvalue weighted by atomic mass is 16.6. The highest BCUT2D eigenvalue weighted by Gasteiger charge is 2.53. The minimum absolute atomic E-state index is 0.0480. The molecule has 10 heteroatoms. The molecule has 10 nitrogen and oxygen atoms in total. The van der Waals surface area contributed by atoms with Gasteiger partial charge in [-0.2, -0.15) is 0 Å². The van der Waals surface area contributed by atoms with E-state index in [1.165, 1.54) is 4.90 Å². The number of aliphatic hydroxyl groups is 4. The molecule has 1 saturated carbocycles. The quantitative estimate of drug-likeness (QED) is 0.134. The van der Waals surface area contributed by atoms with Gasteiger partial charge >= 0.3 is 5.97 Å². The second-order valence-electron chi connectivity index (χ2n) is 17.7. The molecule has 0 aromatic heterocycles. The Bertz CT molecular complexity index is 1470. The maximum atomic E-state index is 14.1. The molecule has 10 atom stereocenters. The fraction of sp³-hybridized carbons (Fsp3) is 0.717. The summed E-state index contributed by atoms with van der Waals surface area (Å²) in [7, 11) is 0. The first kappa shape index (κ1) is 45.8. The molecule has 0 aromatic rings. The van der Waals surface area contributed by atoms with Crippen molar-refractivity contribution in [3.05, 3.63) is 59.8 Å². The third-order valence-corrected chi connectivity index (χ3v) is 13.0. The monoisotopic (exact) mass is 782 g/mol. The van der Waals surface area contributed by atoms with Gasteiger partial charge in [0.05, 0.1) is 24.4 Å². The topological polar surface area (TPSA) is 154 Å². The molecule has 2 saturated heterocycles. The molecule has 3 aliphatic heterocycles. The SMILES string of the molecule is C=C1C[C@H](O)/C(C)=C/C[C@@H]([C@H](C)C[C@H]2CC[C@H](O)CC2)OC(=O)[C@@H]2CCCCN2C(=O)C(=O)[C@]2(O)O[C@@H](CC[C@H]2C)C[C@H](O)/C(C)=C/C=C/C=C/[C@@H](C)C[C@H]1C. The van der Waals surface area contributed by atoms with Crippen molar-refractivity contribution in [3.8, 4) is 0 Å². The molecule has 3 heterocycles. The van der Waals surface area contributed by atoms with Crippen LogP contribution in [0.4, 0.5) is 0 Å². The zero-order valence-electron chi connectivity index (χ0n) is 34.9. The predicted octanol–water partition coefficient (Wildman–Crippen LogP) is 7.06. The van der Waals surface area contributed by atoms with E-state index in [4.69, 9.17) is 9.47 Å². The number of ether oxygens (including phenoxy) is 2. The lowest BCUT2D eigenvalue weighted by molar-refractivity contribution is -0.265. The van der Waals surface area contributed by atoms with Crippen molar-refractivity contribution in [2.75, 3.05) is 6.54 Å². The highest BCUT2D eigenvalue weighted by molar-refractivity contribution is 6.39. The molecule has 3 fully saturated rings. The number of amides is 1.